The molecule has 2 heterocycles. The Morgan fingerprint density at radius 3 is 2.79 bits per heavy atom. The van der Waals surface area contributed by atoms with Crippen LogP contribution in [0.25, 0.3) is 0 Å². The van der Waals surface area contributed by atoms with Crippen LogP contribution in [0.2, 0.25) is 0 Å². The van der Waals surface area contributed by atoms with Crippen molar-refractivity contribution in [3.05, 3.63) is 6.33 Å². The number of carbonyl (C=O) groups is 1. The highest BCUT2D eigenvalue weighted by Crippen LogP contribution is 2.29. The number of carbonyl (C=O) groups excluding carboxylic acids is 1. The highest BCUT2D eigenvalue weighted by molar-refractivity contribution is 5.77. The van der Waals surface area contributed by atoms with Crippen molar-refractivity contribution in [3.63, 3.8) is 0 Å². The van der Waals surface area contributed by atoms with E-state index < -0.39 is 0 Å². The van der Waals surface area contributed by atoms with Gasteiger partial charge in [-0.3, -0.25) is 4.79 Å². The summed E-state index contributed by atoms with van der Waals surface area (Å²) in [4.78, 5) is 21.5. The Morgan fingerprint density at radius 1 is 1.42 bits per heavy atom. The molecule has 0 aromatic carbocycles. The first-order valence-electron chi connectivity index (χ1n) is 6.23. The molecule has 2 rings (SSSR count). The summed E-state index contributed by atoms with van der Waals surface area (Å²) in [5.74, 6) is 2.06. The van der Waals surface area contributed by atoms with E-state index in [-0.39, 0.29) is 11.9 Å². The molecule has 1 saturated heterocycles. The molecule has 0 spiro atoms. The van der Waals surface area contributed by atoms with E-state index in [1.807, 2.05) is 7.05 Å². The summed E-state index contributed by atoms with van der Waals surface area (Å²) in [6.45, 7) is 0.668. The Morgan fingerprint density at radius 2 is 2.16 bits per heavy atom. The minimum absolute atomic E-state index is 0.177. The molecule has 1 amide bonds. The van der Waals surface area contributed by atoms with Crippen LogP contribution in [-0.4, -0.2) is 54.6 Å². The second-order valence-corrected chi connectivity index (χ2v) is 4.51. The van der Waals surface area contributed by atoms with Crippen molar-refractivity contribution < 1.29 is 9.53 Å². The lowest BCUT2D eigenvalue weighted by atomic mass is 10.1. The van der Waals surface area contributed by atoms with Crippen molar-refractivity contribution in [1.29, 1.82) is 0 Å². The van der Waals surface area contributed by atoms with Crippen LogP contribution in [0.15, 0.2) is 6.33 Å². The van der Waals surface area contributed by atoms with E-state index in [0.717, 1.165) is 6.42 Å². The van der Waals surface area contributed by atoms with Crippen molar-refractivity contribution >= 4 is 17.5 Å². The Bertz CT molecular complexity index is 465. The molecule has 0 aliphatic carbocycles. The maximum absolute atomic E-state index is 11.5. The standard InChI is InChI=1S/C12H19N5O2/c1-13-11-10(19-3)12(15-7-14-11)16-8-4-5-9(18)17(2)6-8/h7-8H,4-6H2,1-3H3,(H2,13,14,15,16). The summed E-state index contributed by atoms with van der Waals surface area (Å²) in [6.07, 6.45) is 2.83. The lowest BCUT2D eigenvalue weighted by Gasteiger charge is -2.30. The maximum Gasteiger partial charge on any atom is 0.222 e. The van der Waals surface area contributed by atoms with E-state index in [1.54, 1.807) is 19.1 Å². The fraction of sp³-hybridized carbons (Fsp3) is 0.583. The van der Waals surface area contributed by atoms with Gasteiger partial charge in [0.05, 0.1) is 7.11 Å². The summed E-state index contributed by atoms with van der Waals surface area (Å²) in [7, 11) is 5.18. The average molecular weight is 265 g/mol. The van der Waals surface area contributed by atoms with Gasteiger partial charge in [-0.05, 0) is 6.42 Å². The molecule has 2 N–H and O–H groups in total. The van der Waals surface area contributed by atoms with Crippen LogP contribution in [0, 0.1) is 0 Å². The molecule has 1 atom stereocenters. The average Bonchev–Trinajstić information content (AvgIpc) is 2.42. The van der Waals surface area contributed by atoms with Crippen LogP contribution >= 0.6 is 0 Å². The van der Waals surface area contributed by atoms with E-state index in [0.29, 0.717) is 30.4 Å². The van der Waals surface area contributed by atoms with Crippen LogP contribution in [0.3, 0.4) is 0 Å². The van der Waals surface area contributed by atoms with Gasteiger partial charge in [-0.25, -0.2) is 9.97 Å². The van der Waals surface area contributed by atoms with E-state index >= 15 is 0 Å². The molecule has 0 bridgehead atoms. The summed E-state index contributed by atoms with van der Waals surface area (Å²) in [5, 5.41) is 6.28. The maximum atomic E-state index is 11.5. The topological polar surface area (TPSA) is 79.4 Å². The van der Waals surface area contributed by atoms with Crippen molar-refractivity contribution in [2.75, 3.05) is 38.4 Å². The molecule has 19 heavy (non-hydrogen) atoms. The van der Waals surface area contributed by atoms with E-state index in [9.17, 15) is 4.79 Å². The fourth-order valence-electron chi connectivity index (χ4n) is 2.17. The van der Waals surface area contributed by atoms with Gasteiger partial charge in [-0.15, -0.1) is 0 Å². The number of likely N-dealkylation sites (N-methyl/N-ethyl adjacent to an activating group) is 1. The summed E-state index contributed by atoms with van der Waals surface area (Å²) in [5.41, 5.74) is 0. The van der Waals surface area contributed by atoms with E-state index in [4.69, 9.17) is 4.74 Å². The van der Waals surface area contributed by atoms with Crippen LogP contribution in [0.5, 0.6) is 5.75 Å². The Kier molecular flexibility index (Phi) is 4.03. The zero-order valence-corrected chi connectivity index (χ0v) is 11.4. The molecule has 7 nitrogen and oxygen atoms in total. The summed E-state index contributed by atoms with van der Waals surface area (Å²) >= 11 is 0. The van der Waals surface area contributed by atoms with Crippen molar-refractivity contribution in [2.45, 2.75) is 18.9 Å². The Labute approximate surface area is 112 Å². The number of piperidine rings is 1. The minimum Gasteiger partial charge on any atom is -0.490 e. The quantitative estimate of drug-likeness (QED) is 0.828. The number of ether oxygens (including phenoxy) is 1. The van der Waals surface area contributed by atoms with Gasteiger partial charge in [0.15, 0.2) is 11.6 Å². The Balaban J connectivity index is 2.13. The van der Waals surface area contributed by atoms with Gasteiger partial charge in [0.25, 0.3) is 0 Å². The van der Waals surface area contributed by atoms with Crippen molar-refractivity contribution in [1.82, 2.24) is 14.9 Å². The first kappa shape index (κ1) is 13.4. The second-order valence-electron chi connectivity index (χ2n) is 4.51. The SMILES string of the molecule is CNc1ncnc(NC2CCC(=O)N(C)C2)c1OC. The third-order valence-electron chi connectivity index (χ3n) is 3.21. The number of anilines is 2. The molecule has 0 radical (unpaired) electrons. The number of aromatic nitrogens is 2. The summed E-state index contributed by atoms with van der Waals surface area (Å²) < 4.78 is 5.33. The van der Waals surface area contributed by atoms with Crippen LogP contribution in [0.1, 0.15) is 12.8 Å². The van der Waals surface area contributed by atoms with Gasteiger partial charge in [-0.1, -0.05) is 0 Å². The molecule has 1 fully saturated rings. The number of rotatable bonds is 4. The molecule has 1 aromatic rings. The first-order valence-corrected chi connectivity index (χ1v) is 6.23. The van der Waals surface area contributed by atoms with Crippen LogP contribution < -0.4 is 15.4 Å². The number of nitrogens with one attached hydrogen (secondary N) is 2. The monoisotopic (exact) mass is 265 g/mol. The lowest BCUT2D eigenvalue weighted by Crippen LogP contribution is -2.43. The molecule has 1 unspecified atom stereocenters. The third-order valence-corrected chi connectivity index (χ3v) is 3.21. The van der Waals surface area contributed by atoms with Crippen LogP contribution in [0.4, 0.5) is 11.6 Å². The molecule has 7 heteroatoms. The van der Waals surface area contributed by atoms with Crippen molar-refractivity contribution in [2.24, 2.45) is 0 Å². The first-order chi connectivity index (χ1) is 9.15. The predicted octanol–water partition coefficient (Wildman–Crippen LogP) is 0.560. The number of hydrogen-bond donors (Lipinski definition) is 2. The minimum atomic E-state index is 0.177. The van der Waals surface area contributed by atoms with Gasteiger partial charge in [-0.2, -0.15) is 0 Å². The van der Waals surface area contributed by atoms with Gasteiger partial charge < -0.3 is 20.3 Å². The smallest absolute Gasteiger partial charge is 0.222 e. The molecule has 104 valence electrons. The number of methoxy groups -OCH3 is 1. The molecular weight excluding hydrogens is 246 g/mol. The number of likely N-dealkylation sites (tertiary alicyclic amines) is 1. The molecule has 1 aliphatic heterocycles. The van der Waals surface area contributed by atoms with Crippen molar-refractivity contribution in [3.8, 4) is 5.75 Å². The van der Waals surface area contributed by atoms with Crippen LogP contribution in [-0.2, 0) is 4.79 Å². The van der Waals surface area contributed by atoms with Gasteiger partial charge >= 0.3 is 0 Å². The van der Waals surface area contributed by atoms with E-state index in [1.165, 1.54) is 6.33 Å². The number of nitrogens with zero attached hydrogens (tertiary/aromatic N) is 3. The Hall–Kier alpha value is -2.05. The largest absolute Gasteiger partial charge is 0.490 e. The molecule has 1 aromatic heterocycles. The highest BCUT2D eigenvalue weighted by atomic mass is 16.5. The van der Waals surface area contributed by atoms with E-state index in [2.05, 4.69) is 20.6 Å². The van der Waals surface area contributed by atoms with Gasteiger partial charge in [0.2, 0.25) is 11.7 Å². The second kappa shape index (κ2) is 5.73. The zero-order chi connectivity index (χ0) is 13.8. The molecule has 1 aliphatic rings. The molecular formula is C12H19N5O2. The fourth-order valence-corrected chi connectivity index (χ4v) is 2.17. The number of amides is 1. The lowest BCUT2D eigenvalue weighted by molar-refractivity contribution is -0.132. The zero-order valence-electron chi connectivity index (χ0n) is 11.4. The normalized spacial score (nSPS) is 19.2. The highest BCUT2D eigenvalue weighted by Gasteiger charge is 2.24. The third kappa shape index (κ3) is 2.86. The van der Waals surface area contributed by atoms with Gasteiger partial charge in [0, 0.05) is 33.1 Å². The summed E-state index contributed by atoms with van der Waals surface area (Å²) in [6, 6.07) is 0.177. The predicted molar refractivity (Wildman–Crippen MR) is 72.4 cm³/mol. The molecule has 0 saturated carbocycles. The van der Waals surface area contributed by atoms with Gasteiger partial charge in [0.1, 0.15) is 6.33 Å². The number of hydrogen-bond acceptors (Lipinski definition) is 6.